The van der Waals surface area contributed by atoms with Crippen LogP contribution in [0.25, 0.3) is 16.6 Å². The summed E-state index contributed by atoms with van der Waals surface area (Å²) in [5.41, 5.74) is 2.39. The number of hydrogen-bond donors (Lipinski definition) is 0. The highest BCUT2D eigenvalue weighted by atomic mass is 16.2. The van der Waals surface area contributed by atoms with E-state index in [2.05, 4.69) is 20.8 Å². The first kappa shape index (κ1) is 22.7. The van der Waals surface area contributed by atoms with Crippen LogP contribution in [0.1, 0.15) is 64.4 Å². The van der Waals surface area contributed by atoms with Crippen molar-refractivity contribution in [3.8, 4) is 5.69 Å². The van der Waals surface area contributed by atoms with Crippen LogP contribution in [-0.2, 0) is 4.79 Å². The second-order valence-corrected chi connectivity index (χ2v) is 8.69. The minimum atomic E-state index is -0.329. The van der Waals surface area contributed by atoms with E-state index in [9.17, 15) is 9.59 Å². The molecule has 5 nitrogen and oxygen atoms in total. The highest BCUT2D eigenvalue weighted by Crippen LogP contribution is 2.25. The molecular formula is C26H33N3O2. The van der Waals surface area contributed by atoms with Gasteiger partial charge in [0.05, 0.1) is 22.6 Å². The van der Waals surface area contributed by atoms with Gasteiger partial charge in [0.1, 0.15) is 5.82 Å². The summed E-state index contributed by atoms with van der Waals surface area (Å²) in [5, 5.41) is 0.577. The molecule has 0 bridgehead atoms. The molecule has 1 heterocycles. The van der Waals surface area contributed by atoms with Crippen LogP contribution in [0.15, 0.2) is 53.3 Å². The number of nitrogens with zero attached hydrogens (tertiary/aromatic N) is 3. The summed E-state index contributed by atoms with van der Waals surface area (Å²) >= 11 is 0. The molecule has 0 spiro atoms. The molecule has 0 aliphatic rings. The highest BCUT2D eigenvalue weighted by molar-refractivity contribution is 5.79. The number of carbonyl (C=O) groups is 1. The van der Waals surface area contributed by atoms with Gasteiger partial charge in [-0.15, -0.1) is 0 Å². The van der Waals surface area contributed by atoms with Crippen molar-refractivity contribution in [2.24, 2.45) is 5.92 Å². The van der Waals surface area contributed by atoms with E-state index < -0.39 is 0 Å². The average Bonchev–Trinajstić information content (AvgIpc) is 2.75. The lowest BCUT2D eigenvalue weighted by molar-refractivity contribution is -0.134. The van der Waals surface area contributed by atoms with Crippen LogP contribution in [-0.4, -0.2) is 26.9 Å². The third-order valence-electron chi connectivity index (χ3n) is 5.53. The summed E-state index contributed by atoms with van der Waals surface area (Å²) in [6.07, 6.45) is 2.34. The highest BCUT2D eigenvalue weighted by Gasteiger charge is 2.27. The molecule has 0 fully saturated rings. The maximum absolute atomic E-state index is 13.6. The lowest BCUT2D eigenvalue weighted by Crippen LogP contribution is -2.39. The summed E-state index contributed by atoms with van der Waals surface area (Å²) in [6.45, 7) is 10.9. The van der Waals surface area contributed by atoms with Gasteiger partial charge in [-0.25, -0.2) is 4.98 Å². The molecule has 1 aromatic heterocycles. The van der Waals surface area contributed by atoms with Crippen molar-refractivity contribution in [1.29, 1.82) is 0 Å². The maximum Gasteiger partial charge on any atom is 0.266 e. The van der Waals surface area contributed by atoms with Crippen molar-refractivity contribution in [1.82, 2.24) is 14.5 Å². The number of unbranched alkanes of at least 4 members (excludes halogenated alkanes) is 1. The predicted molar refractivity (Wildman–Crippen MR) is 127 cm³/mol. The Hall–Kier alpha value is -2.95. The summed E-state index contributed by atoms with van der Waals surface area (Å²) in [5.74, 6) is 1.02. The Morgan fingerprint density at radius 1 is 1.10 bits per heavy atom. The molecule has 5 heteroatoms. The second kappa shape index (κ2) is 9.90. The molecule has 164 valence electrons. The fourth-order valence-corrected chi connectivity index (χ4v) is 3.93. The van der Waals surface area contributed by atoms with E-state index in [0.717, 1.165) is 24.1 Å². The third kappa shape index (κ3) is 5.04. The van der Waals surface area contributed by atoms with E-state index in [4.69, 9.17) is 4.98 Å². The van der Waals surface area contributed by atoms with E-state index in [1.807, 2.05) is 67.3 Å². The Morgan fingerprint density at radius 3 is 2.52 bits per heavy atom. The summed E-state index contributed by atoms with van der Waals surface area (Å²) in [4.78, 5) is 33.5. The van der Waals surface area contributed by atoms with Crippen LogP contribution < -0.4 is 5.56 Å². The molecule has 0 radical (unpaired) electrons. The van der Waals surface area contributed by atoms with Crippen LogP contribution in [0.5, 0.6) is 0 Å². The smallest absolute Gasteiger partial charge is 0.266 e. The van der Waals surface area contributed by atoms with Gasteiger partial charge in [-0.05, 0) is 56.0 Å². The Kier molecular flexibility index (Phi) is 7.26. The van der Waals surface area contributed by atoms with Crippen LogP contribution in [0.3, 0.4) is 0 Å². The molecule has 0 aliphatic carbocycles. The van der Waals surface area contributed by atoms with Gasteiger partial charge >= 0.3 is 0 Å². The van der Waals surface area contributed by atoms with Crippen molar-refractivity contribution >= 4 is 16.8 Å². The Balaban J connectivity index is 2.21. The van der Waals surface area contributed by atoms with E-state index in [-0.39, 0.29) is 17.5 Å². The third-order valence-corrected chi connectivity index (χ3v) is 5.53. The summed E-state index contributed by atoms with van der Waals surface area (Å²) < 4.78 is 1.68. The number of aromatic nitrogens is 2. The van der Waals surface area contributed by atoms with Gasteiger partial charge in [-0.1, -0.05) is 51.5 Å². The molecule has 0 N–H and O–H groups in total. The molecule has 0 saturated heterocycles. The Labute approximate surface area is 184 Å². The first-order chi connectivity index (χ1) is 14.8. The number of aryl methyl sites for hydroxylation is 1. The zero-order valence-corrected chi connectivity index (χ0v) is 19.3. The van der Waals surface area contributed by atoms with Crippen molar-refractivity contribution in [2.45, 2.75) is 59.9 Å². The van der Waals surface area contributed by atoms with Crippen molar-refractivity contribution in [2.75, 3.05) is 6.54 Å². The summed E-state index contributed by atoms with van der Waals surface area (Å²) in [7, 11) is 0. The molecule has 1 unspecified atom stereocenters. The van der Waals surface area contributed by atoms with E-state index in [0.29, 0.717) is 35.6 Å². The average molecular weight is 420 g/mol. The number of benzene rings is 2. The van der Waals surface area contributed by atoms with Crippen molar-refractivity contribution in [3.05, 3.63) is 70.3 Å². The van der Waals surface area contributed by atoms with E-state index in [1.54, 1.807) is 4.57 Å². The standard InChI is InChI=1S/C26H33N3O2/c1-6-7-15-24(30)28(17-18(2)3)20(5)25-27-23-14-9-8-13-22(23)26(31)29(25)21-12-10-11-19(4)16-21/h8-14,16,18,20H,6-7,15,17H2,1-5H3. The first-order valence-corrected chi connectivity index (χ1v) is 11.2. The number of para-hydroxylation sites is 1. The van der Waals surface area contributed by atoms with E-state index >= 15 is 0 Å². The molecule has 1 atom stereocenters. The van der Waals surface area contributed by atoms with Gasteiger partial charge in [0, 0.05) is 13.0 Å². The van der Waals surface area contributed by atoms with Gasteiger partial charge < -0.3 is 4.90 Å². The fraction of sp³-hybridized carbons (Fsp3) is 0.423. The van der Waals surface area contributed by atoms with Gasteiger partial charge in [0.2, 0.25) is 5.91 Å². The van der Waals surface area contributed by atoms with Gasteiger partial charge in [0.15, 0.2) is 0 Å². The largest absolute Gasteiger partial charge is 0.333 e. The van der Waals surface area contributed by atoms with Crippen LogP contribution in [0.2, 0.25) is 0 Å². The lowest BCUT2D eigenvalue weighted by atomic mass is 10.1. The molecule has 2 aromatic carbocycles. The molecule has 3 rings (SSSR count). The van der Waals surface area contributed by atoms with Crippen molar-refractivity contribution in [3.63, 3.8) is 0 Å². The SMILES string of the molecule is CCCCC(=O)N(CC(C)C)C(C)c1nc2ccccc2c(=O)n1-c1cccc(C)c1. The van der Waals surface area contributed by atoms with E-state index in [1.165, 1.54) is 0 Å². The number of rotatable bonds is 8. The first-order valence-electron chi connectivity index (χ1n) is 11.2. The van der Waals surface area contributed by atoms with Gasteiger partial charge in [-0.3, -0.25) is 14.2 Å². The predicted octanol–water partition coefficient (Wildman–Crippen LogP) is 5.43. The molecule has 0 aliphatic heterocycles. The second-order valence-electron chi connectivity index (χ2n) is 8.69. The summed E-state index contributed by atoms with van der Waals surface area (Å²) in [6, 6.07) is 14.9. The van der Waals surface area contributed by atoms with Crippen LogP contribution in [0, 0.1) is 12.8 Å². The number of carbonyl (C=O) groups excluding carboxylic acids is 1. The quantitative estimate of drug-likeness (QED) is 0.489. The van der Waals surface area contributed by atoms with Crippen LogP contribution >= 0.6 is 0 Å². The lowest BCUT2D eigenvalue weighted by Gasteiger charge is -2.32. The Bertz CT molecular complexity index is 1120. The molecular weight excluding hydrogens is 386 g/mol. The van der Waals surface area contributed by atoms with Gasteiger partial charge in [-0.2, -0.15) is 0 Å². The normalized spacial score (nSPS) is 12.3. The minimum Gasteiger partial charge on any atom is -0.333 e. The molecule has 1 amide bonds. The maximum atomic E-state index is 13.6. The number of hydrogen-bond acceptors (Lipinski definition) is 3. The number of fused-ring (bicyclic) bond motifs is 1. The zero-order chi connectivity index (χ0) is 22.5. The van der Waals surface area contributed by atoms with Gasteiger partial charge in [0.25, 0.3) is 5.56 Å². The van der Waals surface area contributed by atoms with Crippen LogP contribution in [0.4, 0.5) is 0 Å². The minimum absolute atomic E-state index is 0.108. The molecule has 31 heavy (non-hydrogen) atoms. The fourth-order valence-electron chi connectivity index (χ4n) is 3.93. The molecule has 3 aromatic rings. The topological polar surface area (TPSA) is 55.2 Å². The monoisotopic (exact) mass is 419 g/mol. The Morgan fingerprint density at radius 2 is 1.84 bits per heavy atom. The van der Waals surface area contributed by atoms with Crippen molar-refractivity contribution < 1.29 is 4.79 Å². The molecule has 0 saturated carbocycles. The number of amides is 1. The zero-order valence-electron chi connectivity index (χ0n) is 19.3.